The summed E-state index contributed by atoms with van der Waals surface area (Å²) in [5.74, 6) is -0.901. The summed E-state index contributed by atoms with van der Waals surface area (Å²) in [5.41, 5.74) is 6.95. The molecule has 0 fully saturated rings. The van der Waals surface area contributed by atoms with Crippen LogP contribution in [0.15, 0.2) is 22.7 Å². The van der Waals surface area contributed by atoms with Crippen molar-refractivity contribution < 1.29 is 13.3 Å². The van der Waals surface area contributed by atoms with Crippen LogP contribution < -0.4 is 5.73 Å². The van der Waals surface area contributed by atoms with Crippen LogP contribution in [0.2, 0.25) is 0 Å². The maximum absolute atomic E-state index is 13.9. The van der Waals surface area contributed by atoms with Gasteiger partial charge in [0, 0.05) is 17.5 Å². The highest BCUT2D eigenvalue weighted by atomic mass is 19.1. The van der Waals surface area contributed by atoms with E-state index >= 15 is 0 Å². The normalized spacial score (nSPS) is 12.9. The van der Waals surface area contributed by atoms with Gasteiger partial charge in [-0.25, -0.2) is 8.78 Å². The Bertz CT molecular complexity index is 593. The molecule has 0 saturated carbocycles. The monoisotopic (exact) mass is 266 g/mol. The van der Waals surface area contributed by atoms with Gasteiger partial charge in [0.25, 0.3) is 0 Å². The Morgan fingerprint density at radius 1 is 1.21 bits per heavy atom. The van der Waals surface area contributed by atoms with Gasteiger partial charge in [-0.05, 0) is 18.1 Å². The Hall–Kier alpha value is -1.91. The molecule has 3 nitrogen and oxygen atoms in total. The SMILES string of the molecule is CC(C)C(C)c1noc(N)c1-c1ccc(F)cc1F. The number of nitrogens with zero attached hydrogens (tertiary/aromatic N) is 1. The Labute approximate surface area is 110 Å². The largest absolute Gasteiger partial charge is 0.367 e. The van der Waals surface area contributed by atoms with E-state index < -0.39 is 11.6 Å². The molecular weight excluding hydrogens is 250 g/mol. The zero-order valence-electron chi connectivity index (χ0n) is 11.1. The summed E-state index contributed by atoms with van der Waals surface area (Å²) in [6, 6.07) is 3.37. The van der Waals surface area contributed by atoms with E-state index in [0.29, 0.717) is 17.2 Å². The van der Waals surface area contributed by atoms with E-state index in [-0.39, 0.29) is 17.4 Å². The predicted molar refractivity (Wildman–Crippen MR) is 69.5 cm³/mol. The maximum atomic E-state index is 13.9. The average Bonchev–Trinajstić information content (AvgIpc) is 2.70. The molecule has 0 aliphatic carbocycles. The molecule has 0 amide bonds. The van der Waals surface area contributed by atoms with Crippen molar-refractivity contribution in [3.8, 4) is 11.1 Å². The summed E-state index contributed by atoms with van der Waals surface area (Å²) in [5, 5.41) is 3.92. The van der Waals surface area contributed by atoms with Gasteiger partial charge >= 0.3 is 0 Å². The predicted octanol–water partition coefficient (Wildman–Crippen LogP) is 3.96. The molecule has 1 atom stereocenters. The van der Waals surface area contributed by atoms with Gasteiger partial charge in [0.15, 0.2) is 0 Å². The highest BCUT2D eigenvalue weighted by Crippen LogP contribution is 2.37. The number of anilines is 1. The smallest absolute Gasteiger partial charge is 0.230 e. The highest BCUT2D eigenvalue weighted by Gasteiger charge is 2.24. The molecule has 0 spiro atoms. The van der Waals surface area contributed by atoms with Crippen molar-refractivity contribution >= 4 is 5.88 Å². The molecule has 1 aromatic carbocycles. The molecule has 102 valence electrons. The minimum Gasteiger partial charge on any atom is -0.367 e. The molecular formula is C14H16F2N2O. The quantitative estimate of drug-likeness (QED) is 0.914. The molecule has 0 aliphatic heterocycles. The lowest BCUT2D eigenvalue weighted by molar-refractivity contribution is 0.407. The fourth-order valence-electron chi connectivity index (χ4n) is 1.91. The van der Waals surface area contributed by atoms with Gasteiger partial charge < -0.3 is 10.3 Å². The van der Waals surface area contributed by atoms with Crippen LogP contribution in [0, 0.1) is 17.6 Å². The van der Waals surface area contributed by atoms with Crippen LogP contribution in [0.25, 0.3) is 11.1 Å². The van der Waals surface area contributed by atoms with E-state index in [1.807, 2.05) is 20.8 Å². The summed E-state index contributed by atoms with van der Waals surface area (Å²) < 4.78 is 31.8. The van der Waals surface area contributed by atoms with Gasteiger partial charge in [0.1, 0.15) is 11.6 Å². The molecule has 0 radical (unpaired) electrons. The third-order valence-corrected chi connectivity index (χ3v) is 3.38. The van der Waals surface area contributed by atoms with E-state index in [2.05, 4.69) is 5.16 Å². The average molecular weight is 266 g/mol. The topological polar surface area (TPSA) is 52.0 Å². The molecule has 19 heavy (non-hydrogen) atoms. The van der Waals surface area contributed by atoms with Crippen molar-refractivity contribution in [1.82, 2.24) is 5.16 Å². The van der Waals surface area contributed by atoms with Crippen LogP contribution in [0.4, 0.5) is 14.7 Å². The zero-order chi connectivity index (χ0) is 14.2. The lowest BCUT2D eigenvalue weighted by Crippen LogP contribution is -2.05. The first kappa shape index (κ1) is 13.5. The van der Waals surface area contributed by atoms with Crippen LogP contribution in [0.3, 0.4) is 0 Å². The van der Waals surface area contributed by atoms with Crippen molar-refractivity contribution in [2.75, 3.05) is 5.73 Å². The number of hydrogen-bond acceptors (Lipinski definition) is 3. The summed E-state index contributed by atoms with van der Waals surface area (Å²) in [6.45, 7) is 6.02. The molecule has 2 aromatic rings. The number of rotatable bonds is 3. The first-order chi connectivity index (χ1) is 8.91. The zero-order valence-corrected chi connectivity index (χ0v) is 11.1. The minimum atomic E-state index is -0.674. The van der Waals surface area contributed by atoms with Gasteiger partial charge in [-0.2, -0.15) is 0 Å². The van der Waals surface area contributed by atoms with Crippen LogP contribution >= 0.6 is 0 Å². The second kappa shape index (κ2) is 4.99. The molecule has 0 saturated heterocycles. The molecule has 1 heterocycles. The third-order valence-electron chi connectivity index (χ3n) is 3.38. The van der Waals surface area contributed by atoms with E-state index in [4.69, 9.17) is 10.3 Å². The van der Waals surface area contributed by atoms with E-state index in [0.717, 1.165) is 6.07 Å². The van der Waals surface area contributed by atoms with Crippen molar-refractivity contribution in [1.29, 1.82) is 0 Å². The molecule has 1 aromatic heterocycles. The Morgan fingerprint density at radius 3 is 2.47 bits per heavy atom. The number of aromatic nitrogens is 1. The molecule has 1 unspecified atom stereocenters. The molecule has 0 aliphatic rings. The standard InChI is InChI=1S/C14H16F2N2O/c1-7(2)8(3)13-12(14(17)19-18-13)10-5-4-9(15)6-11(10)16/h4-8H,17H2,1-3H3. The Balaban J connectivity index is 2.58. The number of hydrogen-bond donors (Lipinski definition) is 1. The fourth-order valence-corrected chi connectivity index (χ4v) is 1.91. The van der Waals surface area contributed by atoms with Crippen molar-refractivity contribution in [3.05, 3.63) is 35.5 Å². The summed E-state index contributed by atoms with van der Waals surface area (Å²) in [7, 11) is 0. The van der Waals surface area contributed by atoms with Crippen LogP contribution in [0.5, 0.6) is 0 Å². The first-order valence-electron chi connectivity index (χ1n) is 6.12. The summed E-state index contributed by atoms with van der Waals surface area (Å²) >= 11 is 0. The molecule has 5 heteroatoms. The van der Waals surface area contributed by atoms with E-state index in [1.165, 1.54) is 12.1 Å². The van der Waals surface area contributed by atoms with Crippen LogP contribution in [-0.4, -0.2) is 5.16 Å². The molecule has 0 bridgehead atoms. The van der Waals surface area contributed by atoms with Crippen molar-refractivity contribution in [3.63, 3.8) is 0 Å². The Kier molecular flexibility index (Phi) is 3.55. The number of halogens is 2. The van der Waals surface area contributed by atoms with Crippen molar-refractivity contribution in [2.45, 2.75) is 26.7 Å². The Morgan fingerprint density at radius 2 is 1.89 bits per heavy atom. The van der Waals surface area contributed by atoms with Gasteiger partial charge in [-0.1, -0.05) is 25.9 Å². The number of nitrogen functional groups attached to an aromatic ring is 1. The van der Waals surface area contributed by atoms with Gasteiger partial charge in [0.2, 0.25) is 5.88 Å². The van der Waals surface area contributed by atoms with Crippen molar-refractivity contribution in [2.24, 2.45) is 5.92 Å². The molecule has 2 rings (SSSR count). The summed E-state index contributed by atoms with van der Waals surface area (Å²) in [4.78, 5) is 0. The third kappa shape index (κ3) is 2.45. The first-order valence-corrected chi connectivity index (χ1v) is 6.12. The van der Waals surface area contributed by atoms with E-state index in [1.54, 1.807) is 0 Å². The lowest BCUT2D eigenvalue weighted by Gasteiger charge is -2.14. The van der Waals surface area contributed by atoms with Gasteiger partial charge in [-0.15, -0.1) is 0 Å². The second-order valence-electron chi connectivity index (χ2n) is 4.96. The van der Waals surface area contributed by atoms with E-state index in [9.17, 15) is 8.78 Å². The van der Waals surface area contributed by atoms with Gasteiger partial charge in [-0.3, -0.25) is 0 Å². The molecule has 2 N–H and O–H groups in total. The van der Waals surface area contributed by atoms with Gasteiger partial charge in [0.05, 0.1) is 11.3 Å². The van der Waals surface area contributed by atoms with Crippen LogP contribution in [0.1, 0.15) is 32.4 Å². The number of nitrogens with two attached hydrogens (primary N) is 1. The lowest BCUT2D eigenvalue weighted by atomic mass is 9.90. The maximum Gasteiger partial charge on any atom is 0.230 e. The number of benzene rings is 1. The summed E-state index contributed by atoms with van der Waals surface area (Å²) in [6.07, 6.45) is 0. The second-order valence-corrected chi connectivity index (χ2v) is 4.96. The minimum absolute atomic E-state index is 0.0491. The highest BCUT2D eigenvalue weighted by molar-refractivity contribution is 5.76. The fraction of sp³-hybridized carbons (Fsp3) is 0.357. The van der Waals surface area contributed by atoms with Crippen LogP contribution in [-0.2, 0) is 0 Å².